The highest BCUT2D eigenvalue weighted by Gasteiger charge is 2.31. The van der Waals surface area contributed by atoms with Crippen LogP contribution in [0.1, 0.15) is 28.9 Å². The zero-order chi connectivity index (χ0) is 20.0. The number of benzene rings is 2. The van der Waals surface area contributed by atoms with E-state index >= 15 is 0 Å². The van der Waals surface area contributed by atoms with Crippen molar-refractivity contribution in [1.82, 2.24) is 4.31 Å². The number of carbonyl (C=O) groups is 2. The Kier molecular flexibility index (Phi) is 6.70. The van der Waals surface area contributed by atoms with Crippen LogP contribution in [0, 0.1) is 0 Å². The summed E-state index contributed by atoms with van der Waals surface area (Å²) < 4.78 is 30.1. The molecular weight excluding hydrogens is 368 g/mol. The van der Waals surface area contributed by atoms with E-state index in [1.807, 2.05) is 0 Å². The van der Waals surface area contributed by atoms with Gasteiger partial charge >= 0.3 is 5.97 Å². The molecule has 2 rings (SSSR count). The molecule has 0 spiro atoms. The van der Waals surface area contributed by atoms with Crippen LogP contribution in [0.5, 0.6) is 0 Å². The Morgan fingerprint density at radius 2 is 1.67 bits per heavy atom. The summed E-state index contributed by atoms with van der Waals surface area (Å²) in [5, 5.41) is 2.66. The van der Waals surface area contributed by atoms with E-state index in [9.17, 15) is 18.0 Å². The normalized spacial score (nSPS) is 12.4. The van der Waals surface area contributed by atoms with Gasteiger partial charge in [0, 0.05) is 7.05 Å². The fraction of sp³-hybridized carbons (Fsp3) is 0.263. The summed E-state index contributed by atoms with van der Waals surface area (Å²) in [5.41, 5.74) is 0.960. The number of hydrogen-bond acceptors (Lipinski definition) is 5. The van der Waals surface area contributed by atoms with Gasteiger partial charge in [-0.2, -0.15) is 4.31 Å². The number of rotatable bonds is 7. The van der Waals surface area contributed by atoms with Crippen LogP contribution in [-0.2, 0) is 19.6 Å². The maximum absolute atomic E-state index is 13.0. The van der Waals surface area contributed by atoms with Crippen molar-refractivity contribution < 1.29 is 22.7 Å². The standard InChI is InChI=1S/C19H22N2O5S/c1-4-26-19(23)15-12-8-9-13-16(15)20-18(22)17(21(2)27(3,24)25)14-10-6-5-7-11-14/h5-13,17H,4H2,1-3H3,(H,20,22). The fourth-order valence-electron chi connectivity index (χ4n) is 2.53. The van der Waals surface area contributed by atoms with Crippen LogP contribution in [0.15, 0.2) is 54.6 Å². The first-order valence-corrected chi connectivity index (χ1v) is 10.2. The van der Waals surface area contributed by atoms with Crippen molar-refractivity contribution in [3.05, 3.63) is 65.7 Å². The van der Waals surface area contributed by atoms with Crippen molar-refractivity contribution in [2.24, 2.45) is 0 Å². The van der Waals surface area contributed by atoms with Crippen LogP contribution in [0.3, 0.4) is 0 Å². The number of amides is 1. The summed E-state index contributed by atoms with van der Waals surface area (Å²) in [7, 11) is -2.30. The van der Waals surface area contributed by atoms with E-state index in [0.717, 1.165) is 10.6 Å². The number of para-hydroxylation sites is 1. The van der Waals surface area contributed by atoms with Crippen LogP contribution in [0.4, 0.5) is 5.69 Å². The van der Waals surface area contributed by atoms with Crippen molar-refractivity contribution in [2.75, 3.05) is 25.2 Å². The van der Waals surface area contributed by atoms with Crippen molar-refractivity contribution in [3.8, 4) is 0 Å². The van der Waals surface area contributed by atoms with Crippen LogP contribution in [0.25, 0.3) is 0 Å². The first-order valence-electron chi connectivity index (χ1n) is 8.30. The monoisotopic (exact) mass is 390 g/mol. The molecule has 0 saturated heterocycles. The van der Waals surface area contributed by atoms with Gasteiger partial charge in [0.1, 0.15) is 6.04 Å². The molecule has 0 fully saturated rings. The Bertz CT molecular complexity index is 913. The minimum absolute atomic E-state index is 0.196. The predicted octanol–water partition coefficient (Wildman–Crippen LogP) is 2.43. The average Bonchev–Trinajstić information content (AvgIpc) is 2.62. The Hall–Kier alpha value is -2.71. The van der Waals surface area contributed by atoms with Gasteiger partial charge in [-0.25, -0.2) is 13.2 Å². The number of likely N-dealkylation sites (N-methyl/N-ethyl adjacent to an activating group) is 1. The molecule has 0 aromatic heterocycles. The lowest BCUT2D eigenvalue weighted by Gasteiger charge is -2.26. The highest BCUT2D eigenvalue weighted by atomic mass is 32.2. The predicted molar refractivity (Wildman–Crippen MR) is 103 cm³/mol. The van der Waals surface area contributed by atoms with E-state index in [0.29, 0.717) is 5.56 Å². The molecule has 7 nitrogen and oxygen atoms in total. The molecule has 0 bridgehead atoms. The number of anilines is 1. The van der Waals surface area contributed by atoms with Crippen LogP contribution < -0.4 is 5.32 Å². The number of nitrogens with zero attached hydrogens (tertiary/aromatic N) is 1. The molecule has 0 aliphatic heterocycles. The van der Waals surface area contributed by atoms with E-state index in [1.165, 1.54) is 13.1 Å². The summed E-state index contributed by atoms with van der Waals surface area (Å²) in [6.45, 7) is 1.89. The summed E-state index contributed by atoms with van der Waals surface area (Å²) in [4.78, 5) is 25.1. The van der Waals surface area contributed by atoms with E-state index < -0.39 is 27.9 Å². The number of nitrogens with one attached hydrogen (secondary N) is 1. The molecule has 1 atom stereocenters. The van der Waals surface area contributed by atoms with Gasteiger partial charge in [-0.15, -0.1) is 0 Å². The van der Waals surface area contributed by atoms with Gasteiger partial charge in [0.15, 0.2) is 0 Å². The summed E-state index contributed by atoms with van der Waals surface area (Å²) in [6.07, 6.45) is 1.03. The molecule has 2 aromatic carbocycles. The lowest BCUT2D eigenvalue weighted by Crippen LogP contribution is -2.38. The van der Waals surface area contributed by atoms with Gasteiger partial charge in [0.25, 0.3) is 0 Å². The van der Waals surface area contributed by atoms with Crippen molar-refractivity contribution in [2.45, 2.75) is 13.0 Å². The molecule has 2 aromatic rings. The maximum Gasteiger partial charge on any atom is 0.340 e. The number of hydrogen-bond donors (Lipinski definition) is 1. The van der Waals surface area contributed by atoms with E-state index in [-0.39, 0.29) is 17.9 Å². The van der Waals surface area contributed by atoms with Gasteiger partial charge in [0.2, 0.25) is 15.9 Å². The highest BCUT2D eigenvalue weighted by molar-refractivity contribution is 7.88. The quantitative estimate of drug-likeness (QED) is 0.733. The largest absolute Gasteiger partial charge is 0.462 e. The van der Waals surface area contributed by atoms with Crippen molar-refractivity contribution >= 4 is 27.6 Å². The molecule has 1 amide bonds. The first-order chi connectivity index (χ1) is 12.8. The lowest BCUT2D eigenvalue weighted by molar-refractivity contribution is -0.119. The van der Waals surface area contributed by atoms with Crippen molar-refractivity contribution in [3.63, 3.8) is 0 Å². The zero-order valence-corrected chi connectivity index (χ0v) is 16.2. The third kappa shape index (κ3) is 5.15. The van der Waals surface area contributed by atoms with Gasteiger partial charge in [0.05, 0.1) is 24.1 Å². The summed E-state index contributed by atoms with van der Waals surface area (Å²) in [5.74, 6) is -1.15. The van der Waals surface area contributed by atoms with Gasteiger partial charge in [-0.1, -0.05) is 42.5 Å². The number of ether oxygens (including phenoxy) is 1. The molecular formula is C19H22N2O5S. The third-order valence-corrected chi connectivity index (χ3v) is 5.19. The average molecular weight is 390 g/mol. The van der Waals surface area contributed by atoms with Gasteiger partial charge in [-0.05, 0) is 24.6 Å². The minimum Gasteiger partial charge on any atom is -0.462 e. The molecule has 8 heteroatoms. The minimum atomic E-state index is -3.64. The van der Waals surface area contributed by atoms with Gasteiger partial charge in [-0.3, -0.25) is 4.79 Å². The smallest absolute Gasteiger partial charge is 0.340 e. The highest BCUT2D eigenvalue weighted by Crippen LogP contribution is 2.25. The SMILES string of the molecule is CCOC(=O)c1ccccc1NC(=O)C(c1ccccc1)N(C)S(C)(=O)=O. The van der Waals surface area contributed by atoms with Crippen LogP contribution >= 0.6 is 0 Å². The molecule has 0 heterocycles. The number of esters is 1. The van der Waals surface area contributed by atoms with Gasteiger partial charge < -0.3 is 10.1 Å². The summed E-state index contributed by atoms with van der Waals surface area (Å²) >= 11 is 0. The molecule has 1 N–H and O–H groups in total. The molecule has 0 saturated carbocycles. The van der Waals surface area contributed by atoms with E-state index in [4.69, 9.17) is 4.74 Å². The second-order valence-corrected chi connectivity index (χ2v) is 7.89. The molecule has 0 aliphatic carbocycles. The third-order valence-electron chi connectivity index (χ3n) is 3.93. The second-order valence-electron chi connectivity index (χ2n) is 5.85. The maximum atomic E-state index is 13.0. The number of carbonyl (C=O) groups excluding carboxylic acids is 2. The summed E-state index contributed by atoms with van der Waals surface area (Å²) in [6, 6.07) is 13.9. The lowest BCUT2D eigenvalue weighted by atomic mass is 10.1. The van der Waals surface area contributed by atoms with Crippen LogP contribution in [-0.4, -0.2) is 44.5 Å². The molecule has 27 heavy (non-hydrogen) atoms. The first kappa shape index (κ1) is 20.6. The fourth-order valence-corrected chi connectivity index (χ4v) is 3.13. The molecule has 0 aliphatic rings. The topological polar surface area (TPSA) is 92.8 Å². The Labute approximate surface area is 159 Å². The van der Waals surface area contributed by atoms with E-state index in [1.54, 1.807) is 55.5 Å². The molecule has 144 valence electrons. The molecule has 0 radical (unpaired) electrons. The zero-order valence-electron chi connectivity index (χ0n) is 15.4. The Balaban J connectivity index is 2.39. The van der Waals surface area contributed by atoms with Crippen LogP contribution in [0.2, 0.25) is 0 Å². The van der Waals surface area contributed by atoms with E-state index in [2.05, 4.69) is 5.32 Å². The molecule has 1 unspecified atom stereocenters. The Morgan fingerprint density at radius 1 is 1.07 bits per heavy atom. The second kappa shape index (κ2) is 8.79. The van der Waals surface area contributed by atoms with Crippen molar-refractivity contribution in [1.29, 1.82) is 0 Å². The Morgan fingerprint density at radius 3 is 2.26 bits per heavy atom. The number of sulfonamides is 1.